The molecule has 0 saturated carbocycles. The van der Waals surface area contributed by atoms with Gasteiger partial charge in [-0.3, -0.25) is 0 Å². The van der Waals surface area contributed by atoms with E-state index in [0.717, 1.165) is 0 Å². The van der Waals surface area contributed by atoms with E-state index >= 15 is 0 Å². The number of benzene rings is 6. The van der Waals surface area contributed by atoms with Crippen molar-refractivity contribution in [3.8, 4) is 22.3 Å². The minimum atomic E-state index is 1.28. The molecule has 6 aromatic rings. The molecule has 0 aromatic heterocycles. The highest BCUT2D eigenvalue weighted by molar-refractivity contribution is 6.24. The van der Waals surface area contributed by atoms with Crippen LogP contribution in [0.3, 0.4) is 0 Å². The summed E-state index contributed by atoms with van der Waals surface area (Å²) in [4.78, 5) is 0. The van der Waals surface area contributed by atoms with E-state index in [1.54, 1.807) is 0 Å². The van der Waals surface area contributed by atoms with E-state index in [1.807, 2.05) is 0 Å². The van der Waals surface area contributed by atoms with Crippen LogP contribution < -0.4 is 0 Å². The monoisotopic (exact) mass is 464 g/mol. The number of hydrogen-bond acceptors (Lipinski definition) is 0. The summed E-state index contributed by atoms with van der Waals surface area (Å²) in [6.07, 6.45) is 0. The minimum Gasteiger partial charge on any atom is -0.0616 e. The maximum absolute atomic E-state index is 2.42. The quantitative estimate of drug-likeness (QED) is 0.224. The Morgan fingerprint density at radius 3 is 1.03 bits per heavy atom. The third kappa shape index (κ3) is 3.44. The van der Waals surface area contributed by atoms with Gasteiger partial charge in [-0.05, 0) is 131 Å². The van der Waals surface area contributed by atoms with E-state index in [0.29, 0.717) is 0 Å². The van der Waals surface area contributed by atoms with Gasteiger partial charge in [-0.25, -0.2) is 0 Å². The van der Waals surface area contributed by atoms with Crippen molar-refractivity contribution in [2.75, 3.05) is 0 Å². The summed E-state index contributed by atoms with van der Waals surface area (Å²) in [5, 5.41) is 7.88. The van der Waals surface area contributed by atoms with E-state index in [2.05, 4.69) is 126 Å². The first-order valence-corrected chi connectivity index (χ1v) is 12.9. The smallest absolute Gasteiger partial charge is 0.00208 e. The van der Waals surface area contributed by atoms with E-state index in [1.165, 1.54) is 88.0 Å². The predicted molar refractivity (Wildman–Crippen MR) is 158 cm³/mol. The van der Waals surface area contributed by atoms with Gasteiger partial charge in [0.15, 0.2) is 0 Å². The Morgan fingerprint density at radius 1 is 0.333 bits per heavy atom. The summed E-state index contributed by atoms with van der Waals surface area (Å²) >= 11 is 0. The van der Waals surface area contributed by atoms with Gasteiger partial charge in [-0.1, -0.05) is 83.9 Å². The molecule has 0 amide bonds. The fraction of sp³-hybridized carbons (Fsp3) is 0.167. The van der Waals surface area contributed by atoms with Crippen LogP contribution in [0.2, 0.25) is 0 Å². The highest BCUT2D eigenvalue weighted by Crippen LogP contribution is 2.47. The van der Waals surface area contributed by atoms with Gasteiger partial charge in [0.25, 0.3) is 0 Å². The van der Waals surface area contributed by atoms with Crippen molar-refractivity contribution >= 4 is 32.3 Å². The molecule has 0 heteroatoms. The molecular weight excluding hydrogens is 432 g/mol. The lowest BCUT2D eigenvalue weighted by molar-refractivity contribution is 1.32. The largest absolute Gasteiger partial charge is 0.0616 e. The Bertz CT molecular complexity index is 1650. The molecule has 0 atom stereocenters. The Balaban J connectivity index is 1.92. The Kier molecular flexibility index (Phi) is 5.23. The summed E-state index contributed by atoms with van der Waals surface area (Å²) < 4.78 is 0. The molecule has 0 spiro atoms. The molecule has 0 nitrogen and oxygen atoms in total. The van der Waals surface area contributed by atoms with Crippen LogP contribution in [-0.2, 0) is 0 Å². The van der Waals surface area contributed by atoms with Crippen molar-refractivity contribution in [3.63, 3.8) is 0 Å². The summed E-state index contributed by atoms with van der Waals surface area (Å²) in [6.45, 7) is 13.4. The SMILES string of the molecule is Cc1cc(C)c(-c2c3ccccc3c(-c3c(C)cc(C)cc3C)c3cc4ccccc4cc23)c(C)c1. The van der Waals surface area contributed by atoms with Gasteiger partial charge in [0.05, 0.1) is 0 Å². The first kappa shape index (κ1) is 22.6. The lowest BCUT2D eigenvalue weighted by Crippen LogP contribution is -1.97. The molecule has 0 radical (unpaired) electrons. The van der Waals surface area contributed by atoms with Crippen molar-refractivity contribution in [2.45, 2.75) is 41.5 Å². The summed E-state index contributed by atoms with van der Waals surface area (Å²) in [6, 6.07) is 31.9. The van der Waals surface area contributed by atoms with Gasteiger partial charge in [0, 0.05) is 0 Å². The number of aryl methyl sites for hydroxylation is 6. The van der Waals surface area contributed by atoms with E-state index in [4.69, 9.17) is 0 Å². The van der Waals surface area contributed by atoms with E-state index in [-0.39, 0.29) is 0 Å². The van der Waals surface area contributed by atoms with Gasteiger partial charge in [-0.2, -0.15) is 0 Å². The molecule has 176 valence electrons. The second kappa shape index (κ2) is 8.35. The summed E-state index contributed by atoms with van der Waals surface area (Å²) in [7, 11) is 0. The molecule has 6 rings (SSSR count). The molecule has 0 aliphatic carbocycles. The summed E-state index contributed by atoms with van der Waals surface area (Å²) in [5.41, 5.74) is 13.4. The van der Waals surface area contributed by atoms with E-state index < -0.39 is 0 Å². The molecule has 6 aromatic carbocycles. The maximum atomic E-state index is 2.42. The molecule has 36 heavy (non-hydrogen) atoms. The van der Waals surface area contributed by atoms with Crippen molar-refractivity contribution < 1.29 is 0 Å². The Morgan fingerprint density at radius 2 is 0.667 bits per heavy atom. The van der Waals surface area contributed by atoms with Crippen LogP contribution in [-0.4, -0.2) is 0 Å². The zero-order chi connectivity index (χ0) is 25.1. The molecule has 0 unspecified atom stereocenters. The number of fused-ring (bicyclic) bond motifs is 3. The fourth-order valence-corrected chi connectivity index (χ4v) is 6.55. The maximum Gasteiger partial charge on any atom is -0.00208 e. The van der Waals surface area contributed by atoms with Crippen LogP contribution in [0.4, 0.5) is 0 Å². The van der Waals surface area contributed by atoms with E-state index in [9.17, 15) is 0 Å². The van der Waals surface area contributed by atoms with Gasteiger partial charge >= 0.3 is 0 Å². The van der Waals surface area contributed by atoms with Gasteiger partial charge in [-0.15, -0.1) is 0 Å². The van der Waals surface area contributed by atoms with Crippen LogP contribution in [0.25, 0.3) is 54.6 Å². The normalized spacial score (nSPS) is 11.6. The van der Waals surface area contributed by atoms with Crippen LogP contribution in [0.1, 0.15) is 33.4 Å². The van der Waals surface area contributed by atoms with Gasteiger partial charge in [0.2, 0.25) is 0 Å². The van der Waals surface area contributed by atoms with Crippen LogP contribution in [0.15, 0.2) is 84.9 Å². The first-order chi connectivity index (χ1) is 17.3. The molecule has 0 heterocycles. The standard InChI is InChI=1S/C36H32/c1-21-15-23(3)33(24(4)16-21)35-29-13-9-10-14-30(29)36(34-25(5)17-22(2)18-26(34)6)32-20-28-12-8-7-11-27(28)19-31(32)35/h7-20H,1-6H3. The zero-order valence-electron chi connectivity index (χ0n) is 22.1. The average Bonchev–Trinajstić information content (AvgIpc) is 2.83. The predicted octanol–water partition coefficient (Wildman–Crippen LogP) is 10.3. The average molecular weight is 465 g/mol. The topological polar surface area (TPSA) is 0 Å². The van der Waals surface area contributed by atoms with Crippen molar-refractivity contribution in [2.24, 2.45) is 0 Å². The fourth-order valence-electron chi connectivity index (χ4n) is 6.55. The highest BCUT2D eigenvalue weighted by Gasteiger charge is 2.21. The Hall–Kier alpha value is -3.90. The lowest BCUT2D eigenvalue weighted by Gasteiger charge is -2.23. The van der Waals surface area contributed by atoms with Crippen LogP contribution in [0.5, 0.6) is 0 Å². The zero-order valence-corrected chi connectivity index (χ0v) is 22.1. The van der Waals surface area contributed by atoms with Crippen LogP contribution >= 0.6 is 0 Å². The van der Waals surface area contributed by atoms with Crippen molar-refractivity contribution in [3.05, 3.63) is 118 Å². The summed E-state index contributed by atoms with van der Waals surface area (Å²) in [5.74, 6) is 0. The van der Waals surface area contributed by atoms with Crippen LogP contribution in [0, 0.1) is 41.5 Å². The lowest BCUT2D eigenvalue weighted by atomic mass is 9.81. The molecule has 0 aliphatic heterocycles. The van der Waals surface area contributed by atoms with Gasteiger partial charge in [0.1, 0.15) is 0 Å². The van der Waals surface area contributed by atoms with Crippen molar-refractivity contribution in [1.82, 2.24) is 0 Å². The number of rotatable bonds is 2. The highest BCUT2D eigenvalue weighted by atomic mass is 14.2. The molecule has 0 saturated heterocycles. The van der Waals surface area contributed by atoms with Gasteiger partial charge < -0.3 is 0 Å². The first-order valence-electron chi connectivity index (χ1n) is 12.9. The third-order valence-corrected chi connectivity index (χ3v) is 7.74. The molecule has 0 bridgehead atoms. The minimum absolute atomic E-state index is 1.28. The number of hydrogen-bond donors (Lipinski definition) is 0. The molecular formula is C36H32. The molecule has 0 aliphatic rings. The second-order valence-corrected chi connectivity index (χ2v) is 10.6. The molecule has 0 N–H and O–H groups in total. The second-order valence-electron chi connectivity index (χ2n) is 10.6. The van der Waals surface area contributed by atoms with Crippen molar-refractivity contribution in [1.29, 1.82) is 0 Å². The Labute approximate surface area is 214 Å². The third-order valence-electron chi connectivity index (χ3n) is 7.74. The molecule has 0 fully saturated rings.